The first-order valence-electron chi connectivity index (χ1n) is 6.21. The lowest BCUT2D eigenvalue weighted by atomic mass is 10.2. The Morgan fingerprint density at radius 2 is 1.75 bits per heavy atom. The van der Waals surface area contributed by atoms with E-state index in [0.717, 1.165) is 25.9 Å². The zero-order chi connectivity index (χ0) is 12.7. The van der Waals surface area contributed by atoms with Gasteiger partial charge in [0.1, 0.15) is 0 Å². The van der Waals surface area contributed by atoms with E-state index in [2.05, 4.69) is 46.0 Å². The van der Waals surface area contributed by atoms with Crippen LogP contribution in [0.25, 0.3) is 0 Å². The van der Waals surface area contributed by atoms with Crippen LogP contribution in [0.3, 0.4) is 0 Å². The number of aliphatic hydroxyl groups excluding tert-OH is 1. The zero-order valence-corrected chi connectivity index (χ0v) is 12.5. The Labute approximate surface area is 102 Å². The van der Waals surface area contributed by atoms with Gasteiger partial charge < -0.3 is 9.53 Å². The molecule has 0 unspecified atom stereocenters. The van der Waals surface area contributed by atoms with Crippen molar-refractivity contribution in [1.82, 2.24) is 0 Å². The molecule has 0 aromatic heterocycles. The highest BCUT2D eigenvalue weighted by Gasteiger charge is 2.36. The Hall–Kier alpha value is -0.123. The van der Waals surface area contributed by atoms with Crippen LogP contribution < -0.4 is 0 Å². The monoisotopic (exact) mass is 244 g/mol. The highest BCUT2D eigenvalue weighted by molar-refractivity contribution is 6.74. The molecule has 0 aliphatic rings. The maximum atomic E-state index is 8.62. The molecule has 0 amide bonds. The van der Waals surface area contributed by atoms with Gasteiger partial charge in [0.25, 0.3) is 0 Å². The largest absolute Gasteiger partial charge is 0.413 e. The van der Waals surface area contributed by atoms with Crippen molar-refractivity contribution in [2.24, 2.45) is 0 Å². The molecule has 16 heavy (non-hydrogen) atoms. The molecule has 0 radical (unpaired) electrons. The molecule has 0 fully saturated rings. The number of hydrogen-bond donors (Lipinski definition) is 1. The standard InChI is InChI=1S/C13H28O2Si/c1-13(2,3)16(4,5)15-12-10-8-6-7-9-11-14/h8,10,14H,6-7,9,11-12H2,1-5H3/b10-8+. The molecule has 0 rings (SSSR count). The minimum atomic E-state index is -1.57. The van der Waals surface area contributed by atoms with Crippen molar-refractivity contribution in [3.63, 3.8) is 0 Å². The van der Waals surface area contributed by atoms with Gasteiger partial charge in [-0.3, -0.25) is 0 Å². The van der Waals surface area contributed by atoms with Gasteiger partial charge in [-0.1, -0.05) is 32.9 Å². The number of rotatable bonds is 7. The lowest BCUT2D eigenvalue weighted by Gasteiger charge is -2.35. The Morgan fingerprint density at radius 1 is 1.12 bits per heavy atom. The molecular formula is C13H28O2Si. The summed E-state index contributed by atoms with van der Waals surface area (Å²) in [5.74, 6) is 0. The molecule has 0 aromatic rings. The van der Waals surface area contributed by atoms with Gasteiger partial charge >= 0.3 is 0 Å². The smallest absolute Gasteiger partial charge is 0.192 e. The van der Waals surface area contributed by atoms with Crippen molar-refractivity contribution in [2.75, 3.05) is 13.2 Å². The number of hydrogen-bond acceptors (Lipinski definition) is 2. The maximum Gasteiger partial charge on any atom is 0.192 e. The van der Waals surface area contributed by atoms with E-state index < -0.39 is 8.32 Å². The van der Waals surface area contributed by atoms with Crippen LogP contribution in [0.15, 0.2) is 12.2 Å². The highest BCUT2D eigenvalue weighted by atomic mass is 28.4. The van der Waals surface area contributed by atoms with Crippen LogP contribution in [0.4, 0.5) is 0 Å². The van der Waals surface area contributed by atoms with Gasteiger partial charge in [-0.15, -0.1) is 0 Å². The van der Waals surface area contributed by atoms with Crippen molar-refractivity contribution >= 4 is 8.32 Å². The summed E-state index contributed by atoms with van der Waals surface area (Å²) in [6, 6.07) is 0. The molecule has 0 saturated carbocycles. The van der Waals surface area contributed by atoms with Gasteiger partial charge in [-0.2, -0.15) is 0 Å². The fourth-order valence-electron chi connectivity index (χ4n) is 1.03. The van der Waals surface area contributed by atoms with E-state index in [1.165, 1.54) is 0 Å². The summed E-state index contributed by atoms with van der Waals surface area (Å²) in [5.41, 5.74) is 0. The van der Waals surface area contributed by atoms with Crippen LogP contribution in [0, 0.1) is 0 Å². The van der Waals surface area contributed by atoms with Crippen molar-refractivity contribution in [2.45, 2.75) is 58.2 Å². The van der Waals surface area contributed by atoms with E-state index in [0.29, 0.717) is 6.61 Å². The second kappa shape index (κ2) is 7.25. The number of allylic oxidation sites excluding steroid dienone is 1. The molecular weight excluding hydrogens is 216 g/mol. The van der Waals surface area contributed by atoms with Crippen LogP contribution in [0.5, 0.6) is 0 Å². The summed E-state index contributed by atoms with van der Waals surface area (Å²) in [7, 11) is -1.57. The summed E-state index contributed by atoms with van der Waals surface area (Å²) >= 11 is 0. The van der Waals surface area contributed by atoms with E-state index in [9.17, 15) is 0 Å². The van der Waals surface area contributed by atoms with Crippen LogP contribution in [-0.4, -0.2) is 26.6 Å². The molecule has 96 valence electrons. The van der Waals surface area contributed by atoms with Gasteiger partial charge in [0.15, 0.2) is 8.32 Å². The highest BCUT2D eigenvalue weighted by Crippen LogP contribution is 2.36. The molecule has 0 spiro atoms. The second-order valence-electron chi connectivity index (χ2n) is 5.76. The average Bonchev–Trinajstić information content (AvgIpc) is 2.14. The van der Waals surface area contributed by atoms with Gasteiger partial charge in [0.2, 0.25) is 0 Å². The van der Waals surface area contributed by atoms with Crippen LogP contribution >= 0.6 is 0 Å². The first-order valence-corrected chi connectivity index (χ1v) is 9.12. The summed E-state index contributed by atoms with van der Waals surface area (Å²) < 4.78 is 6.00. The topological polar surface area (TPSA) is 29.5 Å². The minimum absolute atomic E-state index is 0.289. The van der Waals surface area contributed by atoms with E-state index in [-0.39, 0.29) is 5.04 Å². The molecule has 3 heteroatoms. The quantitative estimate of drug-likeness (QED) is 0.420. The number of aliphatic hydroxyl groups is 1. The molecule has 1 N–H and O–H groups in total. The van der Waals surface area contributed by atoms with Gasteiger partial charge in [-0.25, -0.2) is 0 Å². The van der Waals surface area contributed by atoms with Crippen LogP contribution in [0.2, 0.25) is 18.1 Å². The van der Waals surface area contributed by atoms with Gasteiger partial charge in [0, 0.05) is 6.61 Å². The van der Waals surface area contributed by atoms with E-state index in [1.54, 1.807) is 0 Å². The van der Waals surface area contributed by atoms with E-state index in [4.69, 9.17) is 9.53 Å². The molecule has 0 aromatic carbocycles. The van der Waals surface area contributed by atoms with E-state index >= 15 is 0 Å². The Kier molecular flexibility index (Phi) is 7.20. The Bertz CT molecular complexity index is 204. The minimum Gasteiger partial charge on any atom is -0.413 e. The van der Waals surface area contributed by atoms with Crippen molar-refractivity contribution in [3.05, 3.63) is 12.2 Å². The van der Waals surface area contributed by atoms with Gasteiger partial charge in [0.05, 0.1) is 6.61 Å². The predicted octanol–water partition coefficient (Wildman–Crippen LogP) is 3.73. The Morgan fingerprint density at radius 3 is 2.25 bits per heavy atom. The van der Waals surface area contributed by atoms with Gasteiger partial charge in [-0.05, 0) is 37.4 Å². The SMILES string of the molecule is CC(C)(C)[Si](C)(C)OC/C=C/CCCCO. The molecule has 0 heterocycles. The molecule has 0 atom stereocenters. The molecule has 2 nitrogen and oxygen atoms in total. The summed E-state index contributed by atoms with van der Waals surface area (Å²) in [4.78, 5) is 0. The predicted molar refractivity (Wildman–Crippen MR) is 73.2 cm³/mol. The molecule has 0 aliphatic heterocycles. The summed E-state index contributed by atoms with van der Waals surface area (Å²) in [6.07, 6.45) is 7.27. The third-order valence-electron chi connectivity index (χ3n) is 3.29. The lowest BCUT2D eigenvalue weighted by molar-refractivity contribution is 0.285. The Balaban J connectivity index is 3.73. The summed E-state index contributed by atoms with van der Waals surface area (Å²) in [6.45, 7) is 12.3. The fourth-order valence-corrected chi connectivity index (χ4v) is 1.98. The van der Waals surface area contributed by atoms with Crippen LogP contribution in [0.1, 0.15) is 40.0 Å². The molecule has 0 saturated heterocycles. The third-order valence-corrected chi connectivity index (χ3v) is 7.79. The average molecular weight is 244 g/mol. The first-order chi connectivity index (χ1) is 7.31. The molecule has 0 bridgehead atoms. The maximum absolute atomic E-state index is 8.62. The molecule has 0 aliphatic carbocycles. The first kappa shape index (κ1) is 15.9. The second-order valence-corrected chi connectivity index (χ2v) is 10.6. The number of unbranched alkanes of at least 4 members (excludes halogenated alkanes) is 2. The lowest BCUT2D eigenvalue weighted by Crippen LogP contribution is -2.40. The normalized spacial score (nSPS) is 13.6. The van der Waals surface area contributed by atoms with Crippen molar-refractivity contribution in [3.8, 4) is 0 Å². The third kappa shape index (κ3) is 6.46. The fraction of sp³-hybridized carbons (Fsp3) is 0.846. The van der Waals surface area contributed by atoms with Crippen LogP contribution in [-0.2, 0) is 4.43 Å². The summed E-state index contributed by atoms with van der Waals surface area (Å²) in [5, 5.41) is 8.91. The van der Waals surface area contributed by atoms with E-state index in [1.807, 2.05) is 0 Å². The van der Waals surface area contributed by atoms with Crippen molar-refractivity contribution < 1.29 is 9.53 Å². The van der Waals surface area contributed by atoms with Crippen molar-refractivity contribution in [1.29, 1.82) is 0 Å². The zero-order valence-electron chi connectivity index (χ0n) is 11.5.